The fraction of sp³-hybridized carbons (Fsp3) is 0.308. The number of hydrogen-bond acceptors (Lipinski definition) is 4. The third-order valence-electron chi connectivity index (χ3n) is 16.5. The lowest BCUT2D eigenvalue weighted by molar-refractivity contribution is 0.668. The van der Waals surface area contributed by atoms with E-state index in [1.807, 2.05) is 243 Å². The average Bonchev–Trinajstić information content (AvgIpc) is 1.62. The summed E-state index contributed by atoms with van der Waals surface area (Å²) in [6.07, 6.45) is 0. The summed E-state index contributed by atoms with van der Waals surface area (Å²) in [6, 6.07) is 89.4. The molecule has 110 heavy (non-hydrogen) atoms. The standard InChI is InChI=1S/2C14H13N.2C13H10O.2C13H10S.12C2H6/c1-10-6-5-9-13-14(10)11-7-3-4-8-12(11)15(13)2;1-10-7-8-14-12(9-10)11-5-3-4-6-13(11)15(14)2;1-9-5-4-8-12-13(9)10-6-2-3-7-11(10)14-12;1-9-6-7-13-11(8-9)10-4-2-3-5-12(10)14-13;1-9-5-4-8-12-13(9)10-6-2-3-7-11(10)14-12;1-9-6-7-13-11(8-9)10-4-2-3-5-12(10)14-13;12*1-2/h2*3-9H,1-2H3;4*2-8H,1H3;12*1-2H3. The van der Waals surface area contributed by atoms with E-state index in [4.69, 9.17) is 8.83 Å². The topological polar surface area (TPSA) is 36.1 Å². The van der Waals surface area contributed by atoms with Crippen LogP contribution in [0.5, 0.6) is 0 Å². The molecule has 0 bridgehead atoms. The lowest BCUT2D eigenvalue weighted by Crippen LogP contribution is -1.85. The van der Waals surface area contributed by atoms with Gasteiger partial charge in [0, 0.05) is 120 Å². The van der Waals surface area contributed by atoms with Crippen molar-refractivity contribution in [2.45, 2.75) is 208 Å². The predicted octanol–water partition coefficient (Wildman–Crippen LogP) is 36.1. The molecule has 6 heteroatoms. The van der Waals surface area contributed by atoms with Gasteiger partial charge >= 0.3 is 0 Å². The Balaban J connectivity index is 0.000000625. The second-order valence-electron chi connectivity index (χ2n) is 22.4. The third-order valence-corrected chi connectivity index (χ3v) is 18.8. The van der Waals surface area contributed by atoms with Crippen molar-refractivity contribution < 1.29 is 8.83 Å². The summed E-state index contributed by atoms with van der Waals surface area (Å²) in [5, 5.41) is 15.9. The van der Waals surface area contributed by atoms with E-state index in [-0.39, 0.29) is 0 Å². The van der Waals surface area contributed by atoms with Crippen LogP contribution in [0, 0.1) is 41.5 Å². The molecule has 6 heterocycles. The van der Waals surface area contributed by atoms with Crippen LogP contribution in [0.4, 0.5) is 0 Å². The van der Waals surface area contributed by atoms with Gasteiger partial charge < -0.3 is 18.0 Å². The molecular formula is C104H138N2O2S2. The van der Waals surface area contributed by atoms with E-state index in [2.05, 4.69) is 265 Å². The fourth-order valence-electron chi connectivity index (χ4n) is 12.3. The second-order valence-corrected chi connectivity index (χ2v) is 24.6. The highest BCUT2D eigenvalue weighted by Gasteiger charge is 2.12. The molecule has 0 saturated carbocycles. The maximum atomic E-state index is 5.73. The lowest BCUT2D eigenvalue weighted by Gasteiger charge is -1.97. The zero-order valence-electron chi connectivity index (χ0n) is 73.8. The molecule has 0 N–H and O–H groups in total. The van der Waals surface area contributed by atoms with Crippen LogP contribution in [0.25, 0.3) is 128 Å². The van der Waals surface area contributed by atoms with Crippen molar-refractivity contribution in [3.8, 4) is 0 Å². The quantitative estimate of drug-likeness (QED) is 0.152. The monoisotopic (exact) mass is 1510 g/mol. The highest BCUT2D eigenvalue weighted by atomic mass is 32.1. The van der Waals surface area contributed by atoms with Gasteiger partial charge in [0.15, 0.2) is 0 Å². The number of thiophene rings is 2. The summed E-state index contributed by atoms with van der Waals surface area (Å²) in [6.45, 7) is 60.9. The van der Waals surface area contributed by atoms with Gasteiger partial charge in [0.05, 0.1) is 0 Å². The van der Waals surface area contributed by atoms with Crippen molar-refractivity contribution in [3.63, 3.8) is 0 Å². The molecule has 0 spiro atoms. The molecule has 0 amide bonds. The maximum absolute atomic E-state index is 5.73. The van der Waals surface area contributed by atoms with Gasteiger partial charge in [-0.05, 0) is 149 Å². The molecule has 0 saturated heterocycles. The number of nitrogens with zero attached hydrogens (tertiary/aromatic N) is 2. The number of furan rings is 2. The molecule has 0 fully saturated rings. The van der Waals surface area contributed by atoms with Crippen molar-refractivity contribution in [2.24, 2.45) is 14.1 Å². The van der Waals surface area contributed by atoms with E-state index in [0.29, 0.717) is 0 Å². The molecule has 6 aromatic heterocycles. The second kappa shape index (κ2) is 54.8. The molecular weight excluding hydrogens is 1370 g/mol. The van der Waals surface area contributed by atoms with Gasteiger partial charge in [-0.3, -0.25) is 0 Å². The molecule has 0 unspecified atom stereocenters. The maximum Gasteiger partial charge on any atom is 0.135 e. The molecule has 0 aliphatic carbocycles. The van der Waals surface area contributed by atoms with E-state index in [9.17, 15) is 0 Å². The van der Waals surface area contributed by atoms with Crippen molar-refractivity contribution >= 4 is 151 Å². The van der Waals surface area contributed by atoms with Gasteiger partial charge in [-0.25, -0.2) is 0 Å². The lowest BCUT2D eigenvalue weighted by atomic mass is 10.1. The average molecular weight is 1510 g/mol. The first kappa shape index (κ1) is 98.3. The Morgan fingerprint density at radius 1 is 0.200 bits per heavy atom. The SMILES string of the molecule is CC.CC.CC.CC.CC.CC.CC.CC.CC.CC.CC.CC.Cc1ccc2c(c1)c1ccccc1n2C.Cc1ccc2oc3ccccc3c2c1.Cc1ccc2sc3ccccc3c2c1.Cc1cccc2c1c1ccccc1n2C.Cc1cccc2oc3ccccc3c12.Cc1cccc2sc3ccccc3c12. The molecule has 4 nitrogen and oxygen atoms in total. The summed E-state index contributed by atoms with van der Waals surface area (Å²) in [5.41, 5.74) is 17.0. The van der Waals surface area contributed by atoms with Crippen LogP contribution in [-0.2, 0) is 14.1 Å². The Hall–Kier alpha value is -9.72. The van der Waals surface area contributed by atoms with Gasteiger partial charge in [-0.15, -0.1) is 22.7 Å². The molecule has 0 atom stereocenters. The van der Waals surface area contributed by atoms with Crippen LogP contribution in [0.2, 0.25) is 0 Å². The van der Waals surface area contributed by atoms with E-state index < -0.39 is 0 Å². The zero-order chi connectivity index (χ0) is 83.0. The summed E-state index contributed by atoms with van der Waals surface area (Å²) in [4.78, 5) is 0. The normalized spacial score (nSPS) is 9.45. The first-order valence-corrected chi connectivity index (χ1v) is 43.0. The summed E-state index contributed by atoms with van der Waals surface area (Å²) >= 11 is 3.75. The number of aromatic nitrogens is 2. The molecule has 18 rings (SSSR count). The highest BCUT2D eigenvalue weighted by Crippen LogP contribution is 2.38. The number of para-hydroxylation sites is 4. The Kier molecular flexibility index (Phi) is 49.0. The molecule has 0 aliphatic heterocycles. The minimum absolute atomic E-state index is 0.966. The molecule has 0 radical (unpaired) electrons. The Morgan fingerprint density at radius 2 is 0.518 bits per heavy atom. The van der Waals surface area contributed by atoms with Crippen LogP contribution in [-0.4, -0.2) is 9.13 Å². The third kappa shape index (κ3) is 24.9. The smallest absolute Gasteiger partial charge is 0.135 e. The highest BCUT2D eigenvalue weighted by molar-refractivity contribution is 7.26. The minimum Gasteiger partial charge on any atom is -0.456 e. The van der Waals surface area contributed by atoms with E-state index >= 15 is 0 Å². The number of aryl methyl sites for hydroxylation is 8. The van der Waals surface area contributed by atoms with Crippen molar-refractivity contribution in [1.29, 1.82) is 0 Å². The summed E-state index contributed by atoms with van der Waals surface area (Å²) in [5.74, 6) is 0. The molecule has 18 aromatic rings. The fourth-order valence-corrected chi connectivity index (χ4v) is 14.5. The predicted molar refractivity (Wildman–Crippen MR) is 512 cm³/mol. The van der Waals surface area contributed by atoms with Crippen LogP contribution in [0.15, 0.2) is 264 Å². The molecule has 0 aliphatic rings. The van der Waals surface area contributed by atoms with Crippen LogP contribution < -0.4 is 0 Å². The van der Waals surface area contributed by atoms with Gasteiger partial charge in [0.1, 0.15) is 22.3 Å². The first-order valence-electron chi connectivity index (χ1n) is 41.3. The van der Waals surface area contributed by atoms with Crippen LogP contribution >= 0.6 is 22.7 Å². The largest absolute Gasteiger partial charge is 0.456 e. The van der Waals surface area contributed by atoms with Gasteiger partial charge in [0.25, 0.3) is 0 Å². The Labute approximate surface area is 673 Å². The van der Waals surface area contributed by atoms with Crippen LogP contribution in [0.3, 0.4) is 0 Å². The van der Waals surface area contributed by atoms with Crippen molar-refractivity contribution in [3.05, 3.63) is 288 Å². The molecule has 588 valence electrons. The first-order chi connectivity index (χ1) is 54.0. The van der Waals surface area contributed by atoms with Crippen LogP contribution in [0.1, 0.15) is 200 Å². The van der Waals surface area contributed by atoms with Gasteiger partial charge in [-0.1, -0.05) is 347 Å². The van der Waals surface area contributed by atoms with Gasteiger partial charge in [0.2, 0.25) is 0 Å². The van der Waals surface area contributed by atoms with Gasteiger partial charge in [-0.2, -0.15) is 0 Å². The Morgan fingerprint density at radius 3 is 1.09 bits per heavy atom. The zero-order valence-corrected chi connectivity index (χ0v) is 75.4. The minimum atomic E-state index is 0.966. The van der Waals surface area contributed by atoms with Crippen molar-refractivity contribution in [1.82, 2.24) is 9.13 Å². The van der Waals surface area contributed by atoms with E-state index in [1.165, 1.54) is 139 Å². The van der Waals surface area contributed by atoms with Crippen molar-refractivity contribution in [2.75, 3.05) is 0 Å². The summed E-state index contributed by atoms with van der Waals surface area (Å²) < 4.78 is 21.5. The summed E-state index contributed by atoms with van der Waals surface area (Å²) in [7, 11) is 4.25. The Bertz CT molecular complexity index is 5260. The van der Waals surface area contributed by atoms with E-state index in [0.717, 1.165) is 22.3 Å². The molecule has 12 aromatic carbocycles. The van der Waals surface area contributed by atoms with E-state index in [1.54, 1.807) is 0 Å². The number of fused-ring (bicyclic) bond motifs is 18. The number of benzene rings is 12. The number of rotatable bonds is 0. The number of hydrogen-bond donors (Lipinski definition) is 0.